The highest BCUT2D eigenvalue weighted by Gasteiger charge is 2.25. The van der Waals surface area contributed by atoms with Crippen LogP contribution in [0.5, 0.6) is 11.5 Å². The normalized spacial score (nSPS) is 19.1. The maximum atomic E-state index is 12.2. The number of ether oxygens (including phenoxy) is 1. The molecule has 1 aliphatic carbocycles. The summed E-state index contributed by atoms with van der Waals surface area (Å²) in [6.07, 6.45) is 5.41. The third kappa shape index (κ3) is 4.09. The molecule has 27 heavy (non-hydrogen) atoms. The van der Waals surface area contributed by atoms with Crippen molar-refractivity contribution in [2.24, 2.45) is 11.7 Å². The topological polar surface area (TPSA) is 77.2 Å². The first-order chi connectivity index (χ1) is 13.2. The monoisotopic (exact) mass is 361 g/mol. The van der Waals surface area contributed by atoms with Gasteiger partial charge in [-0.3, -0.25) is 9.78 Å². The Bertz CT molecular complexity index is 934. The number of para-hydroxylation sites is 1. The lowest BCUT2D eigenvalue weighted by atomic mass is 10.00. The molecule has 2 atom stereocenters. The molecule has 0 bridgehead atoms. The van der Waals surface area contributed by atoms with Crippen molar-refractivity contribution in [1.29, 1.82) is 0 Å². The van der Waals surface area contributed by atoms with Crippen molar-refractivity contribution in [3.8, 4) is 11.5 Å². The lowest BCUT2D eigenvalue weighted by Crippen LogP contribution is -2.28. The van der Waals surface area contributed by atoms with Crippen LogP contribution in [0.15, 0.2) is 60.8 Å². The van der Waals surface area contributed by atoms with Gasteiger partial charge in [-0.25, -0.2) is 0 Å². The van der Waals surface area contributed by atoms with E-state index in [1.54, 1.807) is 6.20 Å². The molecule has 1 aliphatic rings. The average Bonchev–Trinajstić information content (AvgIpc) is 3.08. The summed E-state index contributed by atoms with van der Waals surface area (Å²) in [7, 11) is 0. The minimum absolute atomic E-state index is 0.0196. The van der Waals surface area contributed by atoms with Crippen LogP contribution in [0.4, 0.5) is 5.69 Å². The van der Waals surface area contributed by atoms with Crippen molar-refractivity contribution in [3.63, 3.8) is 0 Å². The number of carbonyl (C=O) groups excluding carboxylic acids is 1. The number of benzene rings is 2. The predicted molar refractivity (Wildman–Crippen MR) is 107 cm³/mol. The molecule has 0 aliphatic heterocycles. The van der Waals surface area contributed by atoms with Crippen molar-refractivity contribution >= 4 is 22.5 Å². The number of nitrogens with one attached hydrogen (secondary N) is 1. The predicted octanol–water partition coefficient (Wildman–Crippen LogP) is 4.48. The maximum Gasteiger partial charge on any atom is 0.224 e. The summed E-state index contributed by atoms with van der Waals surface area (Å²) in [6, 6.07) is 17.3. The maximum absolute atomic E-state index is 12.2. The molecule has 1 fully saturated rings. The molecule has 3 N–H and O–H groups in total. The Kier molecular flexibility index (Phi) is 5.03. The molecule has 4 rings (SSSR count). The standard InChI is InChI=1S/C22H23N3O2/c23-19-6-3-4-15(19)14-22(26)25-16-8-10-17(11-9-16)27-21-12-13-24-20-7-2-1-5-18(20)21/h1-2,5,7-13,15,19H,3-4,6,14,23H2,(H,25,26)/t15-,19+/m0/s1. The van der Waals surface area contributed by atoms with Crippen LogP contribution in [-0.4, -0.2) is 16.9 Å². The van der Waals surface area contributed by atoms with E-state index in [-0.39, 0.29) is 11.9 Å². The molecule has 0 spiro atoms. The molecule has 0 unspecified atom stereocenters. The number of anilines is 1. The molecule has 0 radical (unpaired) electrons. The fraction of sp³-hybridized carbons (Fsp3) is 0.273. The zero-order valence-electron chi connectivity index (χ0n) is 15.1. The van der Waals surface area contributed by atoms with Crippen molar-refractivity contribution < 1.29 is 9.53 Å². The Morgan fingerprint density at radius 2 is 1.93 bits per heavy atom. The number of fused-ring (bicyclic) bond motifs is 1. The van der Waals surface area contributed by atoms with E-state index in [0.717, 1.165) is 41.6 Å². The van der Waals surface area contributed by atoms with Crippen LogP contribution in [0.1, 0.15) is 25.7 Å². The van der Waals surface area contributed by atoms with Crippen LogP contribution >= 0.6 is 0 Å². The van der Waals surface area contributed by atoms with Gasteiger partial charge < -0.3 is 15.8 Å². The number of nitrogens with two attached hydrogens (primary N) is 1. The molecule has 2 aromatic carbocycles. The Balaban J connectivity index is 1.40. The Morgan fingerprint density at radius 3 is 2.70 bits per heavy atom. The summed E-state index contributed by atoms with van der Waals surface area (Å²) >= 11 is 0. The first kappa shape index (κ1) is 17.5. The highest BCUT2D eigenvalue weighted by molar-refractivity contribution is 5.91. The van der Waals surface area contributed by atoms with E-state index in [4.69, 9.17) is 10.5 Å². The number of carbonyl (C=O) groups is 1. The quantitative estimate of drug-likeness (QED) is 0.702. The van der Waals surface area contributed by atoms with Crippen molar-refractivity contribution in [2.75, 3.05) is 5.32 Å². The summed E-state index contributed by atoms with van der Waals surface area (Å²) < 4.78 is 6.00. The van der Waals surface area contributed by atoms with E-state index in [1.807, 2.05) is 54.6 Å². The van der Waals surface area contributed by atoms with Gasteiger partial charge in [-0.1, -0.05) is 18.6 Å². The van der Waals surface area contributed by atoms with E-state index < -0.39 is 0 Å². The molecular formula is C22H23N3O2. The summed E-state index contributed by atoms with van der Waals surface area (Å²) in [6.45, 7) is 0. The Hall–Kier alpha value is -2.92. The SMILES string of the molecule is N[C@@H]1CCC[C@H]1CC(=O)Nc1ccc(Oc2ccnc3ccccc23)cc1. The van der Waals surface area contributed by atoms with E-state index in [0.29, 0.717) is 18.1 Å². The number of hydrogen-bond acceptors (Lipinski definition) is 4. The molecule has 1 saturated carbocycles. The third-order valence-corrected chi connectivity index (χ3v) is 5.14. The van der Waals surface area contributed by atoms with Gasteiger partial charge >= 0.3 is 0 Å². The molecule has 3 aromatic rings. The number of pyridine rings is 1. The number of amides is 1. The minimum Gasteiger partial charge on any atom is -0.457 e. The fourth-order valence-corrected chi connectivity index (χ4v) is 3.66. The highest BCUT2D eigenvalue weighted by Crippen LogP contribution is 2.30. The molecule has 1 aromatic heterocycles. The number of aromatic nitrogens is 1. The first-order valence-corrected chi connectivity index (χ1v) is 9.36. The minimum atomic E-state index is 0.0196. The third-order valence-electron chi connectivity index (χ3n) is 5.14. The van der Waals surface area contributed by atoms with Gasteiger partial charge in [0, 0.05) is 29.7 Å². The van der Waals surface area contributed by atoms with Crippen LogP contribution in [0.3, 0.4) is 0 Å². The molecule has 1 amide bonds. The highest BCUT2D eigenvalue weighted by atomic mass is 16.5. The average molecular weight is 361 g/mol. The number of hydrogen-bond donors (Lipinski definition) is 2. The molecule has 1 heterocycles. The summed E-state index contributed by atoms with van der Waals surface area (Å²) in [5.41, 5.74) is 7.71. The molecule has 5 nitrogen and oxygen atoms in total. The van der Waals surface area contributed by atoms with Crippen molar-refractivity contribution in [2.45, 2.75) is 31.7 Å². The lowest BCUT2D eigenvalue weighted by Gasteiger charge is -2.15. The van der Waals surface area contributed by atoms with Gasteiger partial charge in [-0.2, -0.15) is 0 Å². The van der Waals surface area contributed by atoms with Crippen LogP contribution < -0.4 is 15.8 Å². The fourth-order valence-electron chi connectivity index (χ4n) is 3.66. The van der Waals surface area contributed by atoms with Crippen molar-refractivity contribution in [1.82, 2.24) is 4.98 Å². The zero-order valence-corrected chi connectivity index (χ0v) is 15.1. The van der Waals surface area contributed by atoms with Crippen LogP contribution in [0.2, 0.25) is 0 Å². The van der Waals surface area contributed by atoms with E-state index in [2.05, 4.69) is 10.3 Å². The van der Waals surface area contributed by atoms with Gasteiger partial charge in [-0.05, 0) is 61.2 Å². The second kappa shape index (κ2) is 7.76. The first-order valence-electron chi connectivity index (χ1n) is 9.36. The van der Waals surface area contributed by atoms with Gasteiger partial charge in [0.15, 0.2) is 0 Å². The van der Waals surface area contributed by atoms with E-state index >= 15 is 0 Å². The summed E-state index contributed by atoms with van der Waals surface area (Å²) in [4.78, 5) is 16.6. The Morgan fingerprint density at radius 1 is 1.11 bits per heavy atom. The molecule has 138 valence electrons. The van der Waals surface area contributed by atoms with Gasteiger partial charge in [0.05, 0.1) is 5.52 Å². The van der Waals surface area contributed by atoms with E-state index in [9.17, 15) is 4.79 Å². The number of rotatable bonds is 5. The molecular weight excluding hydrogens is 338 g/mol. The zero-order chi connectivity index (χ0) is 18.6. The van der Waals surface area contributed by atoms with Gasteiger partial charge in [-0.15, -0.1) is 0 Å². The van der Waals surface area contributed by atoms with Crippen LogP contribution in [0, 0.1) is 5.92 Å². The number of nitrogens with zero attached hydrogens (tertiary/aromatic N) is 1. The van der Waals surface area contributed by atoms with Crippen LogP contribution in [-0.2, 0) is 4.79 Å². The van der Waals surface area contributed by atoms with Crippen LogP contribution in [0.25, 0.3) is 10.9 Å². The summed E-state index contributed by atoms with van der Waals surface area (Å²) in [5.74, 6) is 1.79. The Labute approximate surface area is 158 Å². The van der Waals surface area contributed by atoms with E-state index in [1.165, 1.54) is 0 Å². The van der Waals surface area contributed by atoms with Gasteiger partial charge in [0.2, 0.25) is 5.91 Å². The smallest absolute Gasteiger partial charge is 0.224 e. The second-order valence-corrected chi connectivity index (χ2v) is 7.06. The van der Waals surface area contributed by atoms with Gasteiger partial charge in [0.1, 0.15) is 11.5 Å². The molecule has 5 heteroatoms. The summed E-state index contributed by atoms with van der Waals surface area (Å²) in [5, 5.41) is 3.91. The van der Waals surface area contributed by atoms with Gasteiger partial charge in [0.25, 0.3) is 0 Å². The second-order valence-electron chi connectivity index (χ2n) is 7.06. The lowest BCUT2D eigenvalue weighted by molar-refractivity contribution is -0.117. The van der Waals surface area contributed by atoms with Crippen molar-refractivity contribution in [3.05, 3.63) is 60.8 Å². The molecule has 0 saturated heterocycles. The largest absolute Gasteiger partial charge is 0.457 e.